The van der Waals surface area contributed by atoms with Gasteiger partial charge in [-0.15, -0.1) is 0 Å². The van der Waals surface area contributed by atoms with Crippen molar-refractivity contribution in [2.24, 2.45) is 5.92 Å². The fourth-order valence-corrected chi connectivity index (χ4v) is 2.91. The molecule has 7 heteroatoms. The molecule has 0 amide bonds. The molecule has 19 heavy (non-hydrogen) atoms. The Labute approximate surface area is 121 Å². The van der Waals surface area contributed by atoms with Gasteiger partial charge in [0, 0.05) is 6.54 Å². The van der Waals surface area contributed by atoms with Crippen LogP contribution < -0.4 is 5.32 Å². The summed E-state index contributed by atoms with van der Waals surface area (Å²) in [6.45, 7) is 6.19. The summed E-state index contributed by atoms with van der Waals surface area (Å²) >= 11 is 6.96. The SMILES string of the molecule is COC(=O)c1sc(NCC(C)(O)CC(C)C)nc1Cl. The van der Waals surface area contributed by atoms with Crippen LogP contribution in [0, 0.1) is 5.92 Å². The first-order valence-corrected chi connectivity index (χ1v) is 7.15. The summed E-state index contributed by atoms with van der Waals surface area (Å²) in [6.07, 6.45) is 0.670. The minimum atomic E-state index is -0.836. The number of rotatable bonds is 6. The Bertz CT molecular complexity index is 446. The molecule has 1 atom stereocenters. The summed E-state index contributed by atoms with van der Waals surface area (Å²) in [7, 11) is 1.29. The standard InChI is InChI=1S/C12H19ClN2O3S/c1-7(2)5-12(3,17)6-14-11-15-9(13)8(19-11)10(16)18-4/h7,17H,5-6H2,1-4H3,(H,14,15). The molecule has 0 saturated carbocycles. The van der Waals surface area contributed by atoms with E-state index in [1.54, 1.807) is 6.92 Å². The lowest BCUT2D eigenvalue weighted by molar-refractivity contribution is 0.0515. The third kappa shape index (κ3) is 4.97. The van der Waals surface area contributed by atoms with E-state index < -0.39 is 11.6 Å². The van der Waals surface area contributed by atoms with E-state index in [-0.39, 0.29) is 10.0 Å². The van der Waals surface area contributed by atoms with Crippen molar-refractivity contribution >= 4 is 34.0 Å². The van der Waals surface area contributed by atoms with Gasteiger partial charge in [0.15, 0.2) is 15.2 Å². The van der Waals surface area contributed by atoms with Crippen molar-refractivity contribution in [1.29, 1.82) is 0 Å². The summed E-state index contributed by atoms with van der Waals surface area (Å²) in [6, 6.07) is 0. The lowest BCUT2D eigenvalue weighted by Crippen LogP contribution is -2.34. The fourth-order valence-electron chi connectivity index (χ4n) is 1.81. The molecule has 1 rings (SSSR count). The number of carbonyl (C=O) groups is 1. The largest absolute Gasteiger partial charge is 0.465 e. The van der Waals surface area contributed by atoms with E-state index in [0.717, 1.165) is 11.3 Å². The first-order chi connectivity index (χ1) is 8.75. The maximum atomic E-state index is 11.4. The van der Waals surface area contributed by atoms with E-state index >= 15 is 0 Å². The Balaban J connectivity index is 2.66. The smallest absolute Gasteiger partial charge is 0.351 e. The zero-order chi connectivity index (χ0) is 14.6. The maximum absolute atomic E-state index is 11.4. The number of esters is 1. The Morgan fingerprint density at radius 1 is 1.63 bits per heavy atom. The van der Waals surface area contributed by atoms with E-state index in [1.807, 2.05) is 13.8 Å². The van der Waals surface area contributed by atoms with Crippen molar-refractivity contribution in [2.75, 3.05) is 19.0 Å². The fraction of sp³-hybridized carbons (Fsp3) is 0.667. The number of aromatic nitrogens is 1. The number of halogens is 1. The lowest BCUT2D eigenvalue weighted by Gasteiger charge is -2.25. The number of carbonyl (C=O) groups excluding carboxylic acids is 1. The summed E-state index contributed by atoms with van der Waals surface area (Å²) < 4.78 is 4.60. The van der Waals surface area contributed by atoms with E-state index in [9.17, 15) is 9.90 Å². The highest BCUT2D eigenvalue weighted by Gasteiger charge is 2.23. The zero-order valence-corrected chi connectivity index (χ0v) is 13.1. The monoisotopic (exact) mass is 306 g/mol. The van der Waals surface area contributed by atoms with Gasteiger partial charge in [-0.3, -0.25) is 0 Å². The van der Waals surface area contributed by atoms with Gasteiger partial charge in [0.2, 0.25) is 0 Å². The van der Waals surface area contributed by atoms with Crippen LogP contribution in [-0.2, 0) is 4.74 Å². The number of aliphatic hydroxyl groups is 1. The van der Waals surface area contributed by atoms with Crippen LogP contribution in [0.15, 0.2) is 0 Å². The van der Waals surface area contributed by atoms with Gasteiger partial charge in [0.05, 0.1) is 12.7 Å². The average Bonchev–Trinajstić information content (AvgIpc) is 2.65. The van der Waals surface area contributed by atoms with Gasteiger partial charge in [0.25, 0.3) is 0 Å². The predicted octanol–water partition coefficient (Wildman–Crippen LogP) is 2.79. The Hall–Kier alpha value is -0.850. The molecule has 1 unspecified atom stereocenters. The normalized spacial score (nSPS) is 14.3. The van der Waals surface area contributed by atoms with Crippen LogP contribution in [0.1, 0.15) is 36.9 Å². The highest BCUT2D eigenvalue weighted by molar-refractivity contribution is 7.18. The van der Waals surface area contributed by atoms with Gasteiger partial charge >= 0.3 is 5.97 Å². The minimum absolute atomic E-state index is 0.114. The van der Waals surface area contributed by atoms with Gasteiger partial charge in [-0.2, -0.15) is 0 Å². The molecule has 0 aliphatic rings. The molecule has 108 valence electrons. The molecule has 0 aliphatic carbocycles. The molecule has 1 aromatic rings. The van der Waals surface area contributed by atoms with Crippen LogP contribution in [0.25, 0.3) is 0 Å². The first-order valence-electron chi connectivity index (χ1n) is 5.96. The van der Waals surface area contributed by atoms with Crippen molar-refractivity contribution in [1.82, 2.24) is 4.98 Å². The Kier molecular flexibility index (Phi) is 5.58. The third-order valence-corrected chi connectivity index (χ3v) is 3.80. The molecule has 1 aromatic heterocycles. The molecule has 0 bridgehead atoms. The molecule has 2 N–H and O–H groups in total. The van der Waals surface area contributed by atoms with Crippen molar-refractivity contribution in [3.63, 3.8) is 0 Å². The number of nitrogens with one attached hydrogen (secondary N) is 1. The molecule has 0 saturated heterocycles. The predicted molar refractivity (Wildman–Crippen MR) is 77.0 cm³/mol. The Morgan fingerprint density at radius 2 is 2.26 bits per heavy atom. The number of ether oxygens (including phenoxy) is 1. The second-order valence-corrected chi connectivity index (χ2v) is 6.44. The molecular formula is C12H19ClN2O3S. The van der Waals surface area contributed by atoms with Crippen molar-refractivity contribution < 1.29 is 14.6 Å². The van der Waals surface area contributed by atoms with Gasteiger partial charge in [0.1, 0.15) is 0 Å². The second-order valence-electron chi connectivity index (χ2n) is 5.08. The summed E-state index contributed by atoms with van der Waals surface area (Å²) in [4.78, 5) is 15.7. The molecule has 0 aromatic carbocycles. The van der Waals surface area contributed by atoms with Crippen LogP contribution >= 0.6 is 22.9 Å². The summed E-state index contributed by atoms with van der Waals surface area (Å²) in [5.74, 6) is -0.119. The Morgan fingerprint density at radius 3 is 2.79 bits per heavy atom. The molecule has 0 aliphatic heterocycles. The maximum Gasteiger partial charge on any atom is 0.351 e. The van der Waals surface area contributed by atoms with Crippen LogP contribution in [0.4, 0.5) is 5.13 Å². The highest BCUT2D eigenvalue weighted by Crippen LogP contribution is 2.28. The topological polar surface area (TPSA) is 71.5 Å². The van der Waals surface area contributed by atoms with Crippen LogP contribution in [-0.4, -0.2) is 35.3 Å². The molecule has 5 nitrogen and oxygen atoms in total. The molecule has 1 heterocycles. The van der Waals surface area contributed by atoms with Gasteiger partial charge < -0.3 is 15.2 Å². The van der Waals surface area contributed by atoms with E-state index in [0.29, 0.717) is 24.0 Å². The third-order valence-electron chi connectivity index (χ3n) is 2.43. The summed E-state index contributed by atoms with van der Waals surface area (Å²) in [5, 5.41) is 13.8. The van der Waals surface area contributed by atoms with E-state index in [4.69, 9.17) is 11.6 Å². The van der Waals surface area contributed by atoms with E-state index in [1.165, 1.54) is 7.11 Å². The lowest BCUT2D eigenvalue weighted by atomic mass is 9.94. The average molecular weight is 307 g/mol. The summed E-state index contributed by atoms with van der Waals surface area (Å²) in [5.41, 5.74) is -0.836. The molecule has 0 fully saturated rings. The number of anilines is 1. The van der Waals surface area contributed by atoms with Crippen LogP contribution in [0.3, 0.4) is 0 Å². The highest BCUT2D eigenvalue weighted by atomic mass is 35.5. The zero-order valence-electron chi connectivity index (χ0n) is 11.5. The molecular weight excluding hydrogens is 288 g/mol. The quantitative estimate of drug-likeness (QED) is 0.791. The van der Waals surface area contributed by atoms with Gasteiger partial charge in [-0.1, -0.05) is 36.8 Å². The molecule has 0 radical (unpaired) electrons. The second kappa shape index (κ2) is 6.54. The molecule has 0 spiro atoms. The van der Waals surface area contributed by atoms with Gasteiger partial charge in [-0.05, 0) is 19.3 Å². The van der Waals surface area contributed by atoms with Gasteiger partial charge in [-0.25, -0.2) is 9.78 Å². The van der Waals surface area contributed by atoms with E-state index in [2.05, 4.69) is 15.0 Å². The number of thiazole rings is 1. The van der Waals surface area contributed by atoms with Crippen molar-refractivity contribution in [2.45, 2.75) is 32.8 Å². The number of nitrogens with zero attached hydrogens (tertiary/aromatic N) is 1. The minimum Gasteiger partial charge on any atom is -0.465 e. The number of hydrogen-bond acceptors (Lipinski definition) is 6. The number of methoxy groups -OCH3 is 1. The number of hydrogen-bond donors (Lipinski definition) is 2. The van der Waals surface area contributed by atoms with Crippen molar-refractivity contribution in [3.05, 3.63) is 10.0 Å². The van der Waals surface area contributed by atoms with Crippen LogP contribution in [0.2, 0.25) is 5.15 Å². The van der Waals surface area contributed by atoms with Crippen LogP contribution in [0.5, 0.6) is 0 Å². The van der Waals surface area contributed by atoms with Crippen molar-refractivity contribution in [3.8, 4) is 0 Å². The first kappa shape index (κ1) is 16.2.